The van der Waals surface area contributed by atoms with E-state index in [1.807, 2.05) is 6.07 Å². The highest BCUT2D eigenvalue weighted by Crippen LogP contribution is 2.33. The molecule has 2 heterocycles. The Morgan fingerprint density at radius 2 is 1.90 bits per heavy atom. The van der Waals surface area contributed by atoms with E-state index in [0.717, 1.165) is 57.2 Å². The van der Waals surface area contributed by atoms with Crippen LogP contribution in [0, 0.1) is 5.92 Å². The van der Waals surface area contributed by atoms with Crippen LogP contribution in [-0.4, -0.2) is 62.9 Å². The molecule has 5 heteroatoms. The van der Waals surface area contributed by atoms with Gasteiger partial charge in [0, 0.05) is 32.7 Å². The molecule has 0 bridgehead atoms. The lowest BCUT2D eigenvalue weighted by Crippen LogP contribution is -2.47. The van der Waals surface area contributed by atoms with Gasteiger partial charge in [0.25, 0.3) is 0 Å². The molecule has 2 aliphatic heterocycles. The molecule has 2 N–H and O–H groups in total. The lowest BCUT2D eigenvalue weighted by Gasteiger charge is -2.34. The Bertz CT molecular complexity index is 473. The van der Waals surface area contributed by atoms with Crippen LogP contribution in [0.15, 0.2) is 18.2 Å². The minimum absolute atomic E-state index is 0.334. The van der Waals surface area contributed by atoms with Crippen molar-refractivity contribution in [1.29, 1.82) is 0 Å². The number of piperazine rings is 1. The summed E-state index contributed by atoms with van der Waals surface area (Å²) in [6.07, 6.45) is 0.999. The SMILES string of the molecule is CN1CCN(CC(CN)Cc2ccc3c(c2)OCO3)CC1. The Labute approximate surface area is 126 Å². The zero-order valence-electron chi connectivity index (χ0n) is 12.8. The molecule has 1 saturated heterocycles. The largest absolute Gasteiger partial charge is 0.454 e. The Morgan fingerprint density at radius 1 is 1.14 bits per heavy atom. The van der Waals surface area contributed by atoms with Crippen LogP contribution >= 0.6 is 0 Å². The van der Waals surface area contributed by atoms with Crippen molar-refractivity contribution in [2.75, 3.05) is 53.1 Å². The Balaban J connectivity index is 1.56. The van der Waals surface area contributed by atoms with Gasteiger partial charge in [-0.1, -0.05) is 6.07 Å². The first kappa shape index (κ1) is 14.6. The van der Waals surface area contributed by atoms with Crippen molar-refractivity contribution < 1.29 is 9.47 Å². The predicted molar refractivity (Wildman–Crippen MR) is 82.8 cm³/mol. The highest BCUT2D eigenvalue weighted by Gasteiger charge is 2.19. The van der Waals surface area contributed by atoms with Gasteiger partial charge >= 0.3 is 0 Å². The molecule has 1 aromatic carbocycles. The van der Waals surface area contributed by atoms with E-state index >= 15 is 0 Å². The first-order chi connectivity index (χ1) is 10.2. The molecule has 5 nitrogen and oxygen atoms in total. The van der Waals surface area contributed by atoms with Gasteiger partial charge in [0.15, 0.2) is 11.5 Å². The average molecular weight is 291 g/mol. The fourth-order valence-electron chi connectivity index (χ4n) is 3.02. The van der Waals surface area contributed by atoms with Crippen LogP contribution in [0.4, 0.5) is 0 Å². The first-order valence-electron chi connectivity index (χ1n) is 7.74. The summed E-state index contributed by atoms with van der Waals surface area (Å²) in [7, 11) is 2.18. The smallest absolute Gasteiger partial charge is 0.231 e. The third-order valence-electron chi connectivity index (χ3n) is 4.41. The second-order valence-corrected chi connectivity index (χ2v) is 6.10. The van der Waals surface area contributed by atoms with Gasteiger partial charge in [-0.15, -0.1) is 0 Å². The summed E-state index contributed by atoms with van der Waals surface area (Å²) in [4.78, 5) is 4.91. The molecule has 0 spiro atoms. The van der Waals surface area contributed by atoms with Gasteiger partial charge in [0.1, 0.15) is 0 Å². The number of hydrogen-bond acceptors (Lipinski definition) is 5. The summed E-state index contributed by atoms with van der Waals surface area (Å²) in [6.45, 7) is 6.74. The van der Waals surface area contributed by atoms with Gasteiger partial charge in [-0.3, -0.25) is 0 Å². The van der Waals surface area contributed by atoms with Crippen LogP contribution in [0.25, 0.3) is 0 Å². The number of ether oxygens (including phenoxy) is 2. The molecule has 0 radical (unpaired) electrons. The van der Waals surface area contributed by atoms with Crippen molar-refractivity contribution in [1.82, 2.24) is 9.80 Å². The topological polar surface area (TPSA) is 51.0 Å². The molecule has 0 aromatic heterocycles. The Hall–Kier alpha value is -1.30. The minimum Gasteiger partial charge on any atom is -0.454 e. The molecular formula is C16H25N3O2. The van der Waals surface area contributed by atoms with Crippen molar-refractivity contribution in [2.45, 2.75) is 6.42 Å². The van der Waals surface area contributed by atoms with E-state index in [0.29, 0.717) is 12.7 Å². The zero-order chi connectivity index (χ0) is 14.7. The van der Waals surface area contributed by atoms with E-state index in [1.165, 1.54) is 5.56 Å². The predicted octanol–water partition coefficient (Wildman–Crippen LogP) is 0.780. The van der Waals surface area contributed by atoms with Crippen molar-refractivity contribution in [3.8, 4) is 11.5 Å². The highest BCUT2D eigenvalue weighted by molar-refractivity contribution is 5.44. The maximum Gasteiger partial charge on any atom is 0.231 e. The highest BCUT2D eigenvalue weighted by atomic mass is 16.7. The standard InChI is InChI=1S/C16H25N3O2/c1-18-4-6-19(7-5-18)11-14(10-17)8-13-2-3-15-16(9-13)21-12-20-15/h2-3,9,14H,4-8,10-12,17H2,1H3. The Morgan fingerprint density at radius 3 is 2.67 bits per heavy atom. The molecule has 0 aliphatic carbocycles. The molecule has 21 heavy (non-hydrogen) atoms. The third kappa shape index (κ3) is 3.67. The molecule has 0 amide bonds. The van der Waals surface area contributed by atoms with Gasteiger partial charge in [0.05, 0.1) is 0 Å². The van der Waals surface area contributed by atoms with Crippen LogP contribution in [0.1, 0.15) is 5.56 Å². The van der Waals surface area contributed by atoms with Crippen LogP contribution in [0.3, 0.4) is 0 Å². The number of hydrogen-bond donors (Lipinski definition) is 1. The molecule has 1 atom stereocenters. The fourth-order valence-corrected chi connectivity index (χ4v) is 3.02. The fraction of sp³-hybridized carbons (Fsp3) is 0.625. The van der Waals surface area contributed by atoms with Gasteiger partial charge in [-0.05, 0) is 43.6 Å². The van der Waals surface area contributed by atoms with Crippen LogP contribution in [0.5, 0.6) is 11.5 Å². The lowest BCUT2D eigenvalue weighted by atomic mass is 9.98. The van der Waals surface area contributed by atoms with E-state index in [9.17, 15) is 0 Å². The van der Waals surface area contributed by atoms with Gasteiger partial charge in [-0.2, -0.15) is 0 Å². The van der Waals surface area contributed by atoms with Crippen LogP contribution in [0.2, 0.25) is 0 Å². The zero-order valence-corrected chi connectivity index (χ0v) is 12.8. The van der Waals surface area contributed by atoms with Crippen molar-refractivity contribution in [3.05, 3.63) is 23.8 Å². The van der Waals surface area contributed by atoms with E-state index in [-0.39, 0.29) is 0 Å². The maximum atomic E-state index is 5.98. The van der Waals surface area contributed by atoms with Crippen LogP contribution in [-0.2, 0) is 6.42 Å². The normalized spacial score (nSPS) is 20.7. The minimum atomic E-state index is 0.334. The average Bonchev–Trinajstić information content (AvgIpc) is 2.96. The number of likely N-dealkylation sites (N-methyl/N-ethyl adjacent to an activating group) is 1. The molecule has 116 valence electrons. The van der Waals surface area contributed by atoms with E-state index in [1.54, 1.807) is 0 Å². The monoisotopic (exact) mass is 291 g/mol. The number of fused-ring (bicyclic) bond motifs is 1. The summed E-state index contributed by atoms with van der Waals surface area (Å²) in [5, 5.41) is 0. The third-order valence-corrected chi connectivity index (χ3v) is 4.41. The van der Waals surface area contributed by atoms with Gasteiger partial charge in [-0.25, -0.2) is 0 Å². The van der Waals surface area contributed by atoms with Crippen molar-refractivity contribution in [3.63, 3.8) is 0 Å². The number of benzene rings is 1. The first-order valence-corrected chi connectivity index (χ1v) is 7.74. The summed E-state index contributed by atoms with van der Waals surface area (Å²) in [6, 6.07) is 6.22. The summed E-state index contributed by atoms with van der Waals surface area (Å²) in [5.74, 6) is 2.21. The molecule has 1 unspecified atom stereocenters. The molecule has 2 aliphatic rings. The van der Waals surface area contributed by atoms with E-state index in [2.05, 4.69) is 29.0 Å². The molecular weight excluding hydrogens is 266 g/mol. The molecule has 1 aromatic rings. The van der Waals surface area contributed by atoms with Gasteiger partial charge in [0.2, 0.25) is 6.79 Å². The van der Waals surface area contributed by atoms with Crippen molar-refractivity contribution >= 4 is 0 Å². The second-order valence-electron chi connectivity index (χ2n) is 6.10. The number of rotatable bonds is 5. The molecule has 3 rings (SSSR count). The summed E-state index contributed by atoms with van der Waals surface area (Å²) >= 11 is 0. The second kappa shape index (κ2) is 6.64. The molecule has 0 saturated carbocycles. The number of nitrogens with two attached hydrogens (primary N) is 1. The number of nitrogens with zero attached hydrogens (tertiary/aromatic N) is 2. The maximum absolute atomic E-state index is 5.98. The van der Waals surface area contributed by atoms with Gasteiger partial charge < -0.3 is 25.0 Å². The Kier molecular flexibility index (Phi) is 4.63. The van der Waals surface area contributed by atoms with E-state index in [4.69, 9.17) is 15.2 Å². The summed E-state index contributed by atoms with van der Waals surface area (Å²) < 4.78 is 10.8. The van der Waals surface area contributed by atoms with Crippen molar-refractivity contribution in [2.24, 2.45) is 11.7 Å². The lowest BCUT2D eigenvalue weighted by molar-refractivity contribution is 0.137. The van der Waals surface area contributed by atoms with E-state index < -0.39 is 0 Å². The summed E-state index contributed by atoms with van der Waals surface area (Å²) in [5.41, 5.74) is 7.27. The van der Waals surface area contributed by atoms with Crippen LogP contribution < -0.4 is 15.2 Å². The quantitative estimate of drug-likeness (QED) is 0.869. The molecule has 1 fully saturated rings.